The number of rotatable bonds is 4. The third-order valence-electron chi connectivity index (χ3n) is 2.93. The lowest BCUT2D eigenvalue weighted by atomic mass is 10.2. The number of carbonyl (C=O) groups is 1. The van der Waals surface area contributed by atoms with Gasteiger partial charge >= 0.3 is 0 Å². The van der Waals surface area contributed by atoms with Crippen molar-refractivity contribution >= 4 is 28.9 Å². The first-order valence-corrected chi connectivity index (χ1v) is 6.58. The van der Waals surface area contributed by atoms with Crippen LogP contribution < -0.4 is 10.6 Å². The number of aromatic nitrogens is 1. The van der Waals surface area contributed by atoms with E-state index in [0.29, 0.717) is 17.3 Å². The van der Waals surface area contributed by atoms with Gasteiger partial charge in [0, 0.05) is 24.1 Å². The summed E-state index contributed by atoms with van der Waals surface area (Å²) in [5.74, 6) is 0.644. The van der Waals surface area contributed by atoms with Crippen LogP contribution in [-0.4, -0.2) is 11.1 Å². The normalized spacial score (nSPS) is 10.4. The number of nitrogens with zero attached hydrogens (tertiary/aromatic N) is 1. The molecule has 0 aliphatic heterocycles. The molecule has 0 bridgehead atoms. The van der Waals surface area contributed by atoms with Crippen LogP contribution in [0.4, 0.5) is 11.4 Å². The van der Waals surface area contributed by atoms with Crippen LogP contribution >= 0.6 is 11.6 Å². The summed E-state index contributed by atoms with van der Waals surface area (Å²) in [7, 11) is 0. The van der Waals surface area contributed by atoms with Crippen molar-refractivity contribution in [2.45, 2.75) is 27.3 Å². The van der Waals surface area contributed by atoms with Crippen LogP contribution in [0.15, 0.2) is 22.7 Å². The summed E-state index contributed by atoms with van der Waals surface area (Å²) in [6.45, 7) is 5.77. The zero-order chi connectivity index (χ0) is 14.7. The lowest BCUT2D eigenvalue weighted by molar-refractivity contribution is -0.114. The summed E-state index contributed by atoms with van der Waals surface area (Å²) in [6.07, 6.45) is 0. The highest BCUT2D eigenvalue weighted by atomic mass is 35.5. The summed E-state index contributed by atoms with van der Waals surface area (Å²) in [6, 6.07) is 5.26. The molecule has 2 rings (SSSR count). The first-order chi connectivity index (χ1) is 9.47. The average molecular weight is 294 g/mol. The van der Waals surface area contributed by atoms with E-state index in [4.69, 9.17) is 16.1 Å². The van der Waals surface area contributed by atoms with Gasteiger partial charge in [0.05, 0.1) is 17.1 Å². The second-order valence-corrected chi connectivity index (χ2v) is 4.96. The van der Waals surface area contributed by atoms with Crippen molar-refractivity contribution in [2.75, 3.05) is 10.6 Å². The fraction of sp³-hybridized carbons (Fsp3) is 0.286. The molecule has 6 heteroatoms. The van der Waals surface area contributed by atoms with Gasteiger partial charge < -0.3 is 15.2 Å². The van der Waals surface area contributed by atoms with E-state index in [1.807, 2.05) is 13.8 Å². The van der Waals surface area contributed by atoms with Gasteiger partial charge in [-0.2, -0.15) is 0 Å². The Morgan fingerprint density at radius 3 is 2.70 bits per heavy atom. The average Bonchev–Trinajstić information content (AvgIpc) is 2.69. The number of hydrogen-bond donors (Lipinski definition) is 2. The number of benzene rings is 1. The molecule has 2 aromatic rings. The predicted molar refractivity (Wildman–Crippen MR) is 79.1 cm³/mol. The fourth-order valence-electron chi connectivity index (χ4n) is 1.90. The van der Waals surface area contributed by atoms with Crippen molar-refractivity contribution in [3.05, 3.63) is 40.2 Å². The van der Waals surface area contributed by atoms with Gasteiger partial charge in [0.15, 0.2) is 0 Å². The van der Waals surface area contributed by atoms with Crippen LogP contribution in [0, 0.1) is 13.8 Å². The Labute approximate surface area is 122 Å². The Balaban J connectivity index is 2.20. The Hall–Kier alpha value is -2.01. The molecule has 0 saturated carbocycles. The number of halogens is 1. The molecule has 0 saturated heterocycles. The smallest absolute Gasteiger partial charge is 0.221 e. The molecule has 0 aliphatic rings. The Bertz CT molecular complexity index is 618. The highest BCUT2D eigenvalue weighted by Crippen LogP contribution is 2.27. The summed E-state index contributed by atoms with van der Waals surface area (Å²) in [4.78, 5) is 11.2. The monoisotopic (exact) mass is 293 g/mol. The Morgan fingerprint density at radius 1 is 1.35 bits per heavy atom. The van der Waals surface area contributed by atoms with Gasteiger partial charge in [0.1, 0.15) is 5.76 Å². The number of hydrogen-bond acceptors (Lipinski definition) is 4. The molecule has 0 aliphatic carbocycles. The minimum atomic E-state index is -0.132. The first-order valence-electron chi connectivity index (χ1n) is 6.20. The number of nitrogens with one attached hydrogen (secondary N) is 2. The van der Waals surface area contributed by atoms with Gasteiger partial charge in [0.2, 0.25) is 5.91 Å². The minimum absolute atomic E-state index is 0.132. The number of carbonyl (C=O) groups excluding carboxylic acids is 1. The molecule has 2 N–H and O–H groups in total. The summed E-state index contributed by atoms with van der Waals surface area (Å²) >= 11 is 5.99. The zero-order valence-electron chi connectivity index (χ0n) is 11.6. The topological polar surface area (TPSA) is 67.2 Å². The minimum Gasteiger partial charge on any atom is -0.379 e. The van der Waals surface area contributed by atoms with Crippen LogP contribution in [0.25, 0.3) is 0 Å². The summed E-state index contributed by atoms with van der Waals surface area (Å²) in [5, 5.41) is 10.5. The number of anilines is 2. The summed E-state index contributed by atoms with van der Waals surface area (Å²) in [5.41, 5.74) is 3.29. The number of aryl methyl sites for hydroxylation is 2. The van der Waals surface area contributed by atoms with E-state index in [2.05, 4.69) is 15.8 Å². The number of amides is 1. The SMILES string of the molecule is CC(=O)Nc1ccc(Cl)cc1NCc1c(C)noc1C. The molecular weight excluding hydrogens is 278 g/mol. The maximum absolute atomic E-state index is 11.2. The molecule has 0 spiro atoms. The molecule has 20 heavy (non-hydrogen) atoms. The molecule has 5 nitrogen and oxygen atoms in total. The van der Waals surface area contributed by atoms with Crippen molar-refractivity contribution < 1.29 is 9.32 Å². The van der Waals surface area contributed by atoms with Gasteiger partial charge in [-0.1, -0.05) is 16.8 Å². The maximum Gasteiger partial charge on any atom is 0.221 e. The molecule has 0 radical (unpaired) electrons. The fourth-order valence-corrected chi connectivity index (χ4v) is 2.07. The zero-order valence-corrected chi connectivity index (χ0v) is 12.3. The van der Waals surface area contributed by atoms with E-state index < -0.39 is 0 Å². The maximum atomic E-state index is 11.2. The van der Waals surface area contributed by atoms with E-state index in [9.17, 15) is 4.79 Å². The van der Waals surface area contributed by atoms with Crippen LogP contribution in [0.3, 0.4) is 0 Å². The van der Waals surface area contributed by atoms with Crippen LogP contribution in [-0.2, 0) is 11.3 Å². The van der Waals surface area contributed by atoms with Gasteiger partial charge in [0.25, 0.3) is 0 Å². The molecule has 1 aromatic carbocycles. The standard InChI is InChI=1S/C14H16ClN3O2/c1-8-12(9(2)20-18-8)7-16-14-6-11(15)4-5-13(14)17-10(3)19/h4-6,16H,7H2,1-3H3,(H,17,19). The molecule has 1 amide bonds. The van der Waals surface area contributed by atoms with Crippen LogP contribution in [0.1, 0.15) is 23.9 Å². The second-order valence-electron chi connectivity index (χ2n) is 4.53. The first kappa shape index (κ1) is 14.4. The van der Waals surface area contributed by atoms with Crippen molar-refractivity contribution in [1.29, 1.82) is 0 Å². The summed E-state index contributed by atoms with van der Waals surface area (Å²) < 4.78 is 5.12. The quantitative estimate of drug-likeness (QED) is 0.905. The lowest BCUT2D eigenvalue weighted by Gasteiger charge is -2.12. The van der Waals surface area contributed by atoms with Crippen molar-refractivity contribution in [3.8, 4) is 0 Å². The van der Waals surface area contributed by atoms with Gasteiger partial charge in [-0.25, -0.2) is 0 Å². The predicted octanol–water partition coefficient (Wildman–Crippen LogP) is 3.52. The van der Waals surface area contributed by atoms with E-state index in [0.717, 1.165) is 22.7 Å². The third kappa shape index (κ3) is 3.30. The van der Waals surface area contributed by atoms with Gasteiger partial charge in [-0.3, -0.25) is 4.79 Å². The Kier molecular flexibility index (Phi) is 4.29. The molecule has 1 aromatic heterocycles. The van der Waals surface area contributed by atoms with Crippen molar-refractivity contribution in [3.63, 3.8) is 0 Å². The highest BCUT2D eigenvalue weighted by molar-refractivity contribution is 6.31. The van der Waals surface area contributed by atoms with E-state index in [1.165, 1.54) is 6.92 Å². The molecule has 0 atom stereocenters. The van der Waals surface area contributed by atoms with Gasteiger partial charge in [-0.05, 0) is 32.0 Å². The van der Waals surface area contributed by atoms with Crippen molar-refractivity contribution in [2.24, 2.45) is 0 Å². The van der Waals surface area contributed by atoms with Crippen LogP contribution in [0.2, 0.25) is 5.02 Å². The second kappa shape index (κ2) is 5.96. The third-order valence-corrected chi connectivity index (χ3v) is 3.16. The largest absolute Gasteiger partial charge is 0.379 e. The molecular formula is C14H16ClN3O2. The Morgan fingerprint density at radius 2 is 2.10 bits per heavy atom. The van der Waals surface area contributed by atoms with Crippen LogP contribution in [0.5, 0.6) is 0 Å². The lowest BCUT2D eigenvalue weighted by Crippen LogP contribution is -2.09. The highest BCUT2D eigenvalue weighted by Gasteiger charge is 2.10. The van der Waals surface area contributed by atoms with Gasteiger partial charge in [-0.15, -0.1) is 0 Å². The van der Waals surface area contributed by atoms with E-state index >= 15 is 0 Å². The molecule has 0 fully saturated rings. The molecule has 0 unspecified atom stereocenters. The molecule has 1 heterocycles. The van der Waals surface area contributed by atoms with E-state index in [-0.39, 0.29) is 5.91 Å². The molecule has 106 valence electrons. The van der Waals surface area contributed by atoms with Crippen molar-refractivity contribution in [1.82, 2.24) is 5.16 Å². The van der Waals surface area contributed by atoms with E-state index in [1.54, 1.807) is 18.2 Å².